The highest BCUT2D eigenvalue weighted by Crippen LogP contribution is 2.27. The molecule has 0 heterocycles. The zero-order valence-electron chi connectivity index (χ0n) is 14.6. The lowest BCUT2D eigenvalue weighted by atomic mass is 10.2. The van der Waals surface area contributed by atoms with E-state index >= 15 is 0 Å². The van der Waals surface area contributed by atoms with Gasteiger partial charge in [-0.05, 0) is 43.9 Å². The zero-order chi connectivity index (χ0) is 18.2. The Morgan fingerprint density at radius 3 is 2.68 bits per heavy atom. The smallest absolute Gasteiger partial charge is 0.262 e. The number of carbonyl (C=O) groups excluding carboxylic acids is 1. The lowest BCUT2D eigenvalue weighted by Crippen LogP contribution is -2.20. The van der Waals surface area contributed by atoms with Crippen molar-refractivity contribution in [3.8, 4) is 17.6 Å². The second-order valence-electron chi connectivity index (χ2n) is 5.75. The molecule has 6 heteroatoms. The average Bonchev–Trinajstić information content (AvgIpc) is 2.59. The molecule has 0 radical (unpaired) electrons. The fourth-order valence-corrected chi connectivity index (χ4v) is 2.31. The molecule has 0 aliphatic rings. The highest BCUT2D eigenvalue weighted by atomic mass is 16.5. The Bertz CT molecular complexity index is 782. The summed E-state index contributed by atoms with van der Waals surface area (Å²) in [4.78, 5) is 14.2. The van der Waals surface area contributed by atoms with Crippen molar-refractivity contribution in [3.63, 3.8) is 0 Å². The van der Waals surface area contributed by atoms with Crippen LogP contribution in [0.25, 0.3) is 0 Å². The molecule has 0 fully saturated rings. The average molecular weight is 339 g/mol. The molecule has 0 atom stereocenters. The summed E-state index contributed by atoms with van der Waals surface area (Å²) < 4.78 is 10.7. The number of hydrogen-bond donors (Lipinski definition) is 1. The number of methoxy groups -OCH3 is 1. The number of nitrogens with one attached hydrogen (secondary N) is 1. The van der Waals surface area contributed by atoms with Gasteiger partial charge in [0, 0.05) is 18.3 Å². The van der Waals surface area contributed by atoms with Crippen LogP contribution in [0.15, 0.2) is 42.5 Å². The number of ether oxygens (including phenoxy) is 2. The van der Waals surface area contributed by atoms with Gasteiger partial charge in [-0.3, -0.25) is 4.79 Å². The van der Waals surface area contributed by atoms with Gasteiger partial charge in [-0.15, -0.1) is 0 Å². The minimum absolute atomic E-state index is 0.153. The standard InChI is InChI=1S/C19H21N3O3/c1-22(2)12-15-5-4-6-16(9-15)21-19(23)13-25-17-8-7-14(11-20)10-18(17)24-3/h4-10H,12-13H2,1-3H3,(H,21,23). The molecule has 0 unspecified atom stereocenters. The van der Waals surface area contributed by atoms with Crippen molar-refractivity contribution in [1.29, 1.82) is 5.26 Å². The topological polar surface area (TPSA) is 74.6 Å². The Morgan fingerprint density at radius 1 is 1.20 bits per heavy atom. The molecule has 0 saturated heterocycles. The highest BCUT2D eigenvalue weighted by Gasteiger charge is 2.09. The molecule has 6 nitrogen and oxygen atoms in total. The molecule has 2 aromatic rings. The van der Waals surface area contributed by atoms with Crippen LogP contribution in [0.5, 0.6) is 11.5 Å². The molecule has 0 bridgehead atoms. The van der Waals surface area contributed by atoms with Gasteiger partial charge in [0.1, 0.15) is 0 Å². The van der Waals surface area contributed by atoms with Gasteiger partial charge in [-0.1, -0.05) is 12.1 Å². The summed E-state index contributed by atoms with van der Waals surface area (Å²) in [5.74, 6) is 0.561. The van der Waals surface area contributed by atoms with Gasteiger partial charge < -0.3 is 19.7 Å². The quantitative estimate of drug-likeness (QED) is 0.839. The fraction of sp³-hybridized carbons (Fsp3) is 0.263. The third-order valence-electron chi connectivity index (χ3n) is 3.36. The zero-order valence-corrected chi connectivity index (χ0v) is 14.6. The molecule has 0 aliphatic heterocycles. The van der Waals surface area contributed by atoms with Crippen LogP contribution in [0.2, 0.25) is 0 Å². The first kappa shape index (κ1) is 18.3. The van der Waals surface area contributed by atoms with Crippen molar-refractivity contribution >= 4 is 11.6 Å². The fourth-order valence-electron chi connectivity index (χ4n) is 2.31. The third-order valence-corrected chi connectivity index (χ3v) is 3.36. The maximum absolute atomic E-state index is 12.1. The van der Waals surface area contributed by atoms with Crippen LogP contribution in [0.1, 0.15) is 11.1 Å². The van der Waals surface area contributed by atoms with E-state index in [4.69, 9.17) is 14.7 Å². The molecular weight excluding hydrogens is 318 g/mol. The maximum Gasteiger partial charge on any atom is 0.262 e. The minimum atomic E-state index is -0.270. The van der Waals surface area contributed by atoms with Crippen LogP contribution in [0.4, 0.5) is 5.69 Å². The first-order chi connectivity index (χ1) is 12.0. The van der Waals surface area contributed by atoms with E-state index in [9.17, 15) is 4.79 Å². The van der Waals surface area contributed by atoms with E-state index in [0.717, 1.165) is 17.8 Å². The second kappa shape index (κ2) is 8.71. The van der Waals surface area contributed by atoms with Crippen molar-refractivity contribution < 1.29 is 14.3 Å². The molecule has 2 rings (SSSR count). The Morgan fingerprint density at radius 2 is 2.00 bits per heavy atom. The van der Waals surface area contributed by atoms with Crippen LogP contribution in [-0.2, 0) is 11.3 Å². The van der Waals surface area contributed by atoms with Crippen LogP contribution >= 0.6 is 0 Å². The molecule has 0 aliphatic carbocycles. The summed E-state index contributed by atoms with van der Waals surface area (Å²) in [6.45, 7) is 0.642. The van der Waals surface area contributed by atoms with Gasteiger partial charge in [-0.25, -0.2) is 0 Å². The number of benzene rings is 2. The van der Waals surface area contributed by atoms with Gasteiger partial charge in [0.25, 0.3) is 5.91 Å². The van der Waals surface area contributed by atoms with E-state index in [1.165, 1.54) is 7.11 Å². The molecule has 1 N–H and O–H groups in total. The van der Waals surface area contributed by atoms with Crippen LogP contribution in [0.3, 0.4) is 0 Å². The molecule has 2 aromatic carbocycles. The first-order valence-corrected chi connectivity index (χ1v) is 7.76. The predicted octanol–water partition coefficient (Wildman–Crippen LogP) is 2.65. The first-order valence-electron chi connectivity index (χ1n) is 7.76. The molecule has 1 amide bonds. The van der Waals surface area contributed by atoms with Crippen molar-refractivity contribution in [2.75, 3.05) is 33.1 Å². The van der Waals surface area contributed by atoms with Crippen molar-refractivity contribution in [2.24, 2.45) is 0 Å². The Kier molecular flexibility index (Phi) is 6.38. The predicted molar refractivity (Wildman–Crippen MR) is 95.7 cm³/mol. The number of nitrogens with zero attached hydrogens (tertiary/aromatic N) is 2. The number of hydrogen-bond acceptors (Lipinski definition) is 5. The normalized spacial score (nSPS) is 10.2. The van der Waals surface area contributed by atoms with E-state index in [2.05, 4.69) is 10.2 Å². The Balaban J connectivity index is 1.96. The van der Waals surface area contributed by atoms with Gasteiger partial charge >= 0.3 is 0 Å². The molecule has 25 heavy (non-hydrogen) atoms. The third kappa shape index (κ3) is 5.52. The van der Waals surface area contributed by atoms with Crippen LogP contribution in [-0.4, -0.2) is 38.6 Å². The molecule has 0 saturated carbocycles. The molecular formula is C19H21N3O3. The van der Waals surface area contributed by atoms with E-state index in [-0.39, 0.29) is 12.5 Å². The minimum Gasteiger partial charge on any atom is -0.493 e. The van der Waals surface area contributed by atoms with E-state index < -0.39 is 0 Å². The van der Waals surface area contributed by atoms with Crippen molar-refractivity contribution in [2.45, 2.75) is 6.54 Å². The van der Waals surface area contributed by atoms with E-state index in [1.807, 2.05) is 44.4 Å². The number of amides is 1. The van der Waals surface area contributed by atoms with Gasteiger partial charge in [0.2, 0.25) is 0 Å². The number of rotatable bonds is 7. The van der Waals surface area contributed by atoms with E-state index in [1.54, 1.807) is 18.2 Å². The van der Waals surface area contributed by atoms with Crippen LogP contribution in [0, 0.1) is 11.3 Å². The second-order valence-corrected chi connectivity index (χ2v) is 5.75. The van der Waals surface area contributed by atoms with E-state index in [0.29, 0.717) is 17.1 Å². The Hall–Kier alpha value is -3.04. The highest BCUT2D eigenvalue weighted by molar-refractivity contribution is 5.92. The number of anilines is 1. The largest absolute Gasteiger partial charge is 0.493 e. The Labute approximate surface area is 147 Å². The molecule has 130 valence electrons. The number of nitriles is 1. The van der Waals surface area contributed by atoms with Gasteiger partial charge in [0.05, 0.1) is 18.7 Å². The van der Waals surface area contributed by atoms with Gasteiger partial charge in [0.15, 0.2) is 18.1 Å². The summed E-state index contributed by atoms with van der Waals surface area (Å²) >= 11 is 0. The summed E-state index contributed by atoms with van der Waals surface area (Å²) in [6.07, 6.45) is 0. The lowest BCUT2D eigenvalue weighted by molar-refractivity contribution is -0.118. The van der Waals surface area contributed by atoms with Gasteiger partial charge in [-0.2, -0.15) is 5.26 Å². The number of carbonyl (C=O) groups is 1. The SMILES string of the molecule is COc1cc(C#N)ccc1OCC(=O)Nc1cccc(CN(C)C)c1. The molecule has 0 aromatic heterocycles. The maximum atomic E-state index is 12.1. The lowest BCUT2D eigenvalue weighted by Gasteiger charge is -2.13. The van der Waals surface area contributed by atoms with Crippen molar-refractivity contribution in [3.05, 3.63) is 53.6 Å². The summed E-state index contributed by atoms with van der Waals surface area (Å²) in [5, 5.41) is 11.7. The summed E-state index contributed by atoms with van der Waals surface area (Å²) in [5.41, 5.74) is 2.29. The molecule has 0 spiro atoms. The van der Waals surface area contributed by atoms with Crippen LogP contribution < -0.4 is 14.8 Å². The van der Waals surface area contributed by atoms with Crippen molar-refractivity contribution in [1.82, 2.24) is 4.90 Å². The summed E-state index contributed by atoms with van der Waals surface area (Å²) in [7, 11) is 5.47. The summed E-state index contributed by atoms with van der Waals surface area (Å²) in [6, 6.07) is 14.5. The monoisotopic (exact) mass is 339 g/mol.